The highest BCUT2D eigenvalue weighted by Crippen LogP contribution is 2.35. The largest absolute Gasteiger partial charge is 0.508 e. The molecule has 186 valence electrons. The first kappa shape index (κ1) is 23.7. The van der Waals surface area contributed by atoms with Crippen molar-refractivity contribution in [3.05, 3.63) is 59.7 Å². The van der Waals surface area contributed by atoms with E-state index >= 15 is 4.39 Å². The van der Waals surface area contributed by atoms with Crippen LogP contribution in [0.1, 0.15) is 31.5 Å². The van der Waals surface area contributed by atoms with Crippen LogP contribution in [0, 0.1) is 5.82 Å². The summed E-state index contributed by atoms with van der Waals surface area (Å²) in [6.45, 7) is 6.66. The molecular weight excluding hydrogens is 459 g/mol. The fourth-order valence-corrected chi connectivity index (χ4v) is 4.73. The number of phenols is 1. The summed E-state index contributed by atoms with van der Waals surface area (Å²) in [6, 6.07) is 8.59. The van der Waals surface area contributed by atoms with Gasteiger partial charge in [-0.3, -0.25) is 14.8 Å². The van der Waals surface area contributed by atoms with Crippen molar-refractivity contribution >= 4 is 22.4 Å². The molecule has 3 heterocycles. The van der Waals surface area contributed by atoms with Gasteiger partial charge < -0.3 is 15.4 Å². The number of aromatic amines is 2. The van der Waals surface area contributed by atoms with Crippen molar-refractivity contribution in [1.29, 1.82) is 0 Å². The minimum Gasteiger partial charge on any atom is -0.508 e. The Morgan fingerprint density at radius 3 is 2.83 bits per heavy atom. The zero-order chi connectivity index (χ0) is 25.2. The van der Waals surface area contributed by atoms with E-state index in [4.69, 9.17) is 0 Å². The average Bonchev–Trinajstić information content (AvgIpc) is 3.52. The molecule has 4 N–H and O–H groups in total. The number of H-pyrrole nitrogens is 2. The number of carbonyl (C=O) groups excluding carboxylic acids is 1. The number of aryl methyl sites for hydroxylation is 1. The number of imidazole rings is 1. The predicted molar refractivity (Wildman–Crippen MR) is 138 cm³/mol. The number of hydrogen-bond donors (Lipinski definition) is 4. The van der Waals surface area contributed by atoms with Crippen molar-refractivity contribution in [2.75, 3.05) is 26.2 Å². The van der Waals surface area contributed by atoms with Gasteiger partial charge in [0.1, 0.15) is 17.0 Å². The maximum atomic E-state index is 15.6. The number of nitrogens with one attached hydrogen (secondary N) is 3. The van der Waals surface area contributed by atoms with Crippen molar-refractivity contribution in [3.8, 4) is 28.4 Å². The molecule has 1 aliphatic heterocycles. The van der Waals surface area contributed by atoms with E-state index in [1.807, 2.05) is 13.0 Å². The van der Waals surface area contributed by atoms with Gasteiger partial charge in [-0.25, -0.2) is 9.37 Å². The summed E-state index contributed by atoms with van der Waals surface area (Å²) in [6.07, 6.45) is 5.52. The molecule has 1 amide bonds. The van der Waals surface area contributed by atoms with Crippen LogP contribution in [0.25, 0.3) is 39.1 Å². The van der Waals surface area contributed by atoms with E-state index in [-0.39, 0.29) is 17.2 Å². The van der Waals surface area contributed by atoms with Gasteiger partial charge >= 0.3 is 0 Å². The number of fused-ring (bicyclic) bond motifs is 1. The highest BCUT2D eigenvalue weighted by Gasteiger charge is 2.20. The molecule has 0 atom stereocenters. The van der Waals surface area contributed by atoms with Crippen molar-refractivity contribution in [1.82, 2.24) is 30.4 Å². The molecule has 2 aromatic heterocycles. The van der Waals surface area contributed by atoms with Crippen molar-refractivity contribution in [3.63, 3.8) is 0 Å². The van der Waals surface area contributed by atoms with Gasteiger partial charge in [-0.1, -0.05) is 25.1 Å². The predicted octanol–water partition coefficient (Wildman–Crippen LogP) is 4.25. The quantitative estimate of drug-likeness (QED) is 0.311. The van der Waals surface area contributed by atoms with Crippen LogP contribution in [-0.4, -0.2) is 62.3 Å². The van der Waals surface area contributed by atoms with E-state index in [1.54, 1.807) is 30.5 Å². The molecule has 0 saturated heterocycles. The Hall–Kier alpha value is -3.98. The zero-order valence-corrected chi connectivity index (χ0v) is 20.4. The highest BCUT2D eigenvalue weighted by molar-refractivity contribution is 5.95. The van der Waals surface area contributed by atoms with Gasteiger partial charge in [0.2, 0.25) is 5.91 Å². The number of nitrogens with zero attached hydrogens (tertiary/aromatic N) is 3. The van der Waals surface area contributed by atoms with Gasteiger partial charge in [0, 0.05) is 44.1 Å². The second kappa shape index (κ2) is 9.94. The number of amides is 1. The normalized spacial score (nSPS) is 14.2. The third-order valence-electron chi connectivity index (χ3n) is 6.68. The first-order chi connectivity index (χ1) is 17.4. The first-order valence-electron chi connectivity index (χ1n) is 12.1. The van der Waals surface area contributed by atoms with E-state index in [1.165, 1.54) is 12.5 Å². The van der Waals surface area contributed by atoms with E-state index in [0.717, 1.165) is 42.9 Å². The minimum absolute atomic E-state index is 0.0123. The summed E-state index contributed by atoms with van der Waals surface area (Å²) in [7, 11) is 0. The lowest BCUT2D eigenvalue weighted by Crippen LogP contribution is -2.36. The number of phenolic OH excluding ortho intramolecular Hbond substituents is 1. The number of benzene rings is 2. The molecule has 9 heteroatoms. The summed E-state index contributed by atoms with van der Waals surface area (Å²) in [5, 5.41) is 20.5. The summed E-state index contributed by atoms with van der Waals surface area (Å²) < 4.78 is 15.6. The van der Waals surface area contributed by atoms with E-state index in [0.29, 0.717) is 35.4 Å². The van der Waals surface area contributed by atoms with E-state index in [9.17, 15) is 9.90 Å². The summed E-state index contributed by atoms with van der Waals surface area (Å²) in [5.41, 5.74) is 5.07. The smallest absolute Gasteiger partial charge is 0.216 e. The van der Waals surface area contributed by atoms with Crippen molar-refractivity contribution in [2.45, 2.75) is 26.7 Å². The molecule has 36 heavy (non-hydrogen) atoms. The maximum Gasteiger partial charge on any atom is 0.216 e. The van der Waals surface area contributed by atoms with Crippen LogP contribution in [0.4, 0.5) is 4.39 Å². The van der Waals surface area contributed by atoms with Gasteiger partial charge in [-0.2, -0.15) is 5.10 Å². The van der Waals surface area contributed by atoms with Crippen LogP contribution >= 0.6 is 0 Å². The maximum absolute atomic E-state index is 15.6. The van der Waals surface area contributed by atoms with Crippen LogP contribution in [0.3, 0.4) is 0 Å². The Kier molecular flexibility index (Phi) is 6.56. The summed E-state index contributed by atoms with van der Waals surface area (Å²) >= 11 is 0. The molecule has 5 rings (SSSR count). The Labute approximate surface area is 208 Å². The van der Waals surface area contributed by atoms with Crippen LogP contribution < -0.4 is 5.32 Å². The third kappa shape index (κ3) is 4.61. The molecule has 0 saturated carbocycles. The third-order valence-corrected chi connectivity index (χ3v) is 6.68. The SMILES string of the molecule is CCc1cc(O)ccc1-c1ccc2c(-c3ncc(C4=CCN(CCNC(C)=O)CC4)[nH]3)[nH]nc2c1F. The minimum atomic E-state index is -0.406. The van der Waals surface area contributed by atoms with Crippen LogP contribution in [0.5, 0.6) is 5.75 Å². The lowest BCUT2D eigenvalue weighted by atomic mass is 9.96. The lowest BCUT2D eigenvalue weighted by Gasteiger charge is -2.25. The van der Waals surface area contributed by atoms with E-state index < -0.39 is 5.82 Å². The molecule has 0 radical (unpaired) electrons. The van der Waals surface area contributed by atoms with Crippen LogP contribution in [-0.2, 0) is 11.2 Å². The van der Waals surface area contributed by atoms with Gasteiger partial charge in [0.15, 0.2) is 11.6 Å². The summed E-state index contributed by atoms with van der Waals surface area (Å²) in [4.78, 5) is 21.2. The fourth-order valence-electron chi connectivity index (χ4n) is 4.73. The van der Waals surface area contributed by atoms with Crippen molar-refractivity contribution < 1.29 is 14.3 Å². The Morgan fingerprint density at radius 1 is 1.25 bits per heavy atom. The molecule has 4 aromatic rings. The lowest BCUT2D eigenvalue weighted by molar-refractivity contribution is -0.119. The molecular formula is C27H29FN6O2. The highest BCUT2D eigenvalue weighted by atomic mass is 19.1. The van der Waals surface area contributed by atoms with Gasteiger partial charge in [-0.05, 0) is 47.7 Å². The molecule has 0 aliphatic carbocycles. The number of hydrogen-bond acceptors (Lipinski definition) is 5. The average molecular weight is 489 g/mol. The fraction of sp³-hybridized carbons (Fsp3) is 0.296. The Bertz CT molecular complexity index is 1450. The van der Waals surface area contributed by atoms with Gasteiger partial charge in [0.25, 0.3) is 0 Å². The van der Waals surface area contributed by atoms with E-state index in [2.05, 4.69) is 36.5 Å². The Morgan fingerprint density at radius 2 is 2.08 bits per heavy atom. The molecule has 0 bridgehead atoms. The topological polar surface area (TPSA) is 110 Å². The molecule has 8 nitrogen and oxygen atoms in total. The number of aromatic hydroxyl groups is 1. The number of aromatic nitrogens is 4. The van der Waals surface area contributed by atoms with Gasteiger partial charge in [-0.15, -0.1) is 0 Å². The molecule has 0 unspecified atom stereocenters. The second-order valence-corrected chi connectivity index (χ2v) is 9.03. The molecule has 0 spiro atoms. The number of rotatable bonds is 7. The van der Waals surface area contributed by atoms with Gasteiger partial charge in [0.05, 0.1) is 11.9 Å². The molecule has 0 fully saturated rings. The standard InChI is InChI=1S/C27H29FN6O2/c1-3-17-14-19(36)4-5-20(17)21-6-7-22-25(24(21)28)32-33-26(22)27-30-15-23(31-27)18-8-11-34(12-9-18)13-10-29-16(2)35/h4-8,14-15,36H,3,9-13H2,1-2H3,(H,29,35)(H,30,31)(H,32,33). The number of halogens is 1. The second-order valence-electron chi connectivity index (χ2n) is 9.03. The molecule has 1 aliphatic rings. The zero-order valence-electron chi connectivity index (χ0n) is 20.4. The van der Waals surface area contributed by atoms with Crippen LogP contribution in [0.2, 0.25) is 0 Å². The monoisotopic (exact) mass is 488 g/mol. The Balaban J connectivity index is 1.38. The van der Waals surface area contributed by atoms with Crippen molar-refractivity contribution in [2.24, 2.45) is 0 Å². The van der Waals surface area contributed by atoms with Crippen LogP contribution in [0.15, 0.2) is 42.6 Å². The summed E-state index contributed by atoms with van der Waals surface area (Å²) in [5.74, 6) is 0.351. The molecule has 2 aromatic carbocycles. The first-order valence-corrected chi connectivity index (χ1v) is 12.1. The number of carbonyl (C=O) groups is 1.